The van der Waals surface area contributed by atoms with Crippen LogP contribution in [0.1, 0.15) is 5.82 Å². The van der Waals surface area contributed by atoms with Crippen LogP contribution < -0.4 is 4.74 Å². The lowest BCUT2D eigenvalue weighted by Crippen LogP contribution is -2.01. The van der Waals surface area contributed by atoms with Gasteiger partial charge in [-0.25, -0.2) is 9.97 Å². The fourth-order valence-electron chi connectivity index (χ4n) is 2.07. The van der Waals surface area contributed by atoms with Crippen molar-refractivity contribution < 1.29 is 4.74 Å². The fourth-order valence-corrected chi connectivity index (χ4v) is 3.19. The molecule has 0 amide bonds. The van der Waals surface area contributed by atoms with E-state index in [9.17, 15) is 0 Å². The number of aromatic nitrogens is 4. The molecule has 21 heavy (non-hydrogen) atoms. The molecule has 3 aromatic rings. The molecule has 0 saturated carbocycles. The van der Waals surface area contributed by atoms with Gasteiger partial charge in [-0.3, -0.25) is 4.57 Å². The molecular formula is C13H9Cl2IN4O. The molecule has 0 fully saturated rings. The molecule has 0 radical (unpaired) electrons. The number of halogens is 3. The van der Waals surface area contributed by atoms with Crippen LogP contribution in [0, 0.1) is 3.57 Å². The highest BCUT2D eigenvalue weighted by Crippen LogP contribution is 2.30. The number of ether oxygens (including phenoxy) is 1. The summed E-state index contributed by atoms with van der Waals surface area (Å²) in [6, 6.07) is 5.75. The molecule has 2 heterocycles. The SMILES string of the molecule is COc1ncnc2c1nc(CCl)n2-c1ccc(I)cc1Cl. The number of alkyl halides is 1. The third-order valence-corrected chi connectivity index (χ3v) is 4.16. The lowest BCUT2D eigenvalue weighted by molar-refractivity contribution is 0.401. The summed E-state index contributed by atoms with van der Waals surface area (Å²) in [5, 5.41) is 0.602. The summed E-state index contributed by atoms with van der Waals surface area (Å²) in [5.74, 6) is 1.27. The zero-order valence-electron chi connectivity index (χ0n) is 10.8. The van der Waals surface area contributed by atoms with Crippen molar-refractivity contribution in [2.24, 2.45) is 0 Å². The number of nitrogens with zero attached hydrogens (tertiary/aromatic N) is 4. The van der Waals surface area contributed by atoms with Crippen LogP contribution in [0.3, 0.4) is 0 Å². The maximum Gasteiger partial charge on any atom is 0.245 e. The Balaban J connectivity index is 2.35. The molecule has 2 aromatic heterocycles. The van der Waals surface area contributed by atoms with E-state index in [1.54, 1.807) is 7.11 Å². The molecule has 0 saturated heterocycles. The predicted octanol–water partition coefficient (Wildman–Crippen LogP) is 3.82. The van der Waals surface area contributed by atoms with Gasteiger partial charge >= 0.3 is 0 Å². The molecule has 1 aromatic carbocycles. The lowest BCUT2D eigenvalue weighted by atomic mass is 10.3. The number of hydrogen-bond donors (Lipinski definition) is 0. The van der Waals surface area contributed by atoms with Gasteiger partial charge in [0.15, 0.2) is 11.2 Å². The van der Waals surface area contributed by atoms with Gasteiger partial charge in [-0.2, -0.15) is 4.98 Å². The second-order valence-electron chi connectivity index (χ2n) is 4.15. The Morgan fingerprint density at radius 3 is 2.81 bits per heavy atom. The Hall–Kier alpha value is -1.12. The van der Waals surface area contributed by atoms with Gasteiger partial charge in [0.2, 0.25) is 5.88 Å². The number of benzene rings is 1. The van der Waals surface area contributed by atoms with Gasteiger partial charge in [-0.05, 0) is 40.8 Å². The van der Waals surface area contributed by atoms with E-state index in [2.05, 4.69) is 37.5 Å². The lowest BCUT2D eigenvalue weighted by Gasteiger charge is -2.09. The molecule has 0 aliphatic carbocycles. The Morgan fingerprint density at radius 1 is 1.33 bits per heavy atom. The summed E-state index contributed by atoms with van der Waals surface area (Å²) in [4.78, 5) is 12.8. The third kappa shape index (κ3) is 2.56. The van der Waals surface area contributed by atoms with Crippen molar-refractivity contribution in [1.29, 1.82) is 0 Å². The van der Waals surface area contributed by atoms with Crippen LogP contribution in [0.15, 0.2) is 24.5 Å². The molecular weight excluding hydrogens is 426 g/mol. The number of imidazole rings is 1. The van der Waals surface area contributed by atoms with E-state index >= 15 is 0 Å². The van der Waals surface area contributed by atoms with Crippen LogP contribution in [0.5, 0.6) is 5.88 Å². The van der Waals surface area contributed by atoms with Gasteiger partial charge in [0.05, 0.1) is 23.7 Å². The van der Waals surface area contributed by atoms with E-state index in [1.165, 1.54) is 6.33 Å². The van der Waals surface area contributed by atoms with Crippen LogP contribution in [-0.4, -0.2) is 26.6 Å². The Labute approximate surface area is 144 Å². The first-order chi connectivity index (χ1) is 10.2. The van der Waals surface area contributed by atoms with E-state index in [1.807, 2.05) is 22.8 Å². The number of fused-ring (bicyclic) bond motifs is 1. The predicted molar refractivity (Wildman–Crippen MR) is 90.5 cm³/mol. The van der Waals surface area contributed by atoms with Crippen LogP contribution >= 0.6 is 45.8 Å². The van der Waals surface area contributed by atoms with Crippen molar-refractivity contribution in [2.75, 3.05) is 7.11 Å². The molecule has 0 spiro atoms. The molecule has 0 unspecified atom stereocenters. The summed E-state index contributed by atoms with van der Waals surface area (Å²) in [7, 11) is 1.54. The maximum absolute atomic E-state index is 6.35. The third-order valence-electron chi connectivity index (χ3n) is 2.94. The van der Waals surface area contributed by atoms with Gasteiger partial charge in [-0.1, -0.05) is 11.6 Å². The standard InChI is InChI=1S/C13H9Cl2IN4O/c1-21-13-11-12(17-6-18-13)20(10(5-14)19-11)9-3-2-7(16)4-8(9)15/h2-4,6H,5H2,1H3. The number of rotatable bonds is 3. The van der Waals surface area contributed by atoms with Crippen molar-refractivity contribution in [3.8, 4) is 11.6 Å². The van der Waals surface area contributed by atoms with Crippen LogP contribution in [0.4, 0.5) is 0 Å². The summed E-state index contributed by atoms with van der Waals surface area (Å²) < 4.78 is 8.09. The minimum absolute atomic E-state index is 0.224. The second-order valence-corrected chi connectivity index (χ2v) is 6.07. The van der Waals surface area contributed by atoms with E-state index in [0.717, 1.165) is 9.26 Å². The normalized spacial score (nSPS) is 11.0. The summed E-state index contributed by atoms with van der Waals surface area (Å²) >= 11 is 14.6. The van der Waals surface area contributed by atoms with E-state index < -0.39 is 0 Å². The van der Waals surface area contributed by atoms with Crippen molar-refractivity contribution in [2.45, 2.75) is 5.88 Å². The first kappa shape index (κ1) is 14.8. The number of hydrogen-bond acceptors (Lipinski definition) is 4. The summed E-state index contributed by atoms with van der Waals surface area (Å²) in [6.45, 7) is 0. The zero-order valence-corrected chi connectivity index (χ0v) is 14.5. The Bertz CT molecular complexity index is 821. The van der Waals surface area contributed by atoms with E-state index in [4.69, 9.17) is 27.9 Å². The summed E-state index contributed by atoms with van der Waals surface area (Å²) in [6.07, 6.45) is 1.43. The van der Waals surface area contributed by atoms with Crippen molar-refractivity contribution in [1.82, 2.24) is 19.5 Å². The average molecular weight is 435 g/mol. The molecule has 8 heteroatoms. The molecule has 0 N–H and O–H groups in total. The van der Waals surface area contributed by atoms with E-state index in [-0.39, 0.29) is 5.88 Å². The maximum atomic E-state index is 6.35. The van der Waals surface area contributed by atoms with Crippen molar-refractivity contribution in [3.63, 3.8) is 0 Å². The largest absolute Gasteiger partial charge is 0.479 e. The molecule has 0 aliphatic heterocycles. The van der Waals surface area contributed by atoms with Crippen molar-refractivity contribution >= 4 is 57.0 Å². The van der Waals surface area contributed by atoms with Gasteiger partial charge in [0.1, 0.15) is 12.2 Å². The molecule has 3 rings (SSSR count). The zero-order chi connectivity index (χ0) is 15.0. The highest BCUT2D eigenvalue weighted by molar-refractivity contribution is 14.1. The van der Waals surface area contributed by atoms with Gasteiger partial charge in [-0.15, -0.1) is 11.6 Å². The molecule has 5 nitrogen and oxygen atoms in total. The fraction of sp³-hybridized carbons (Fsp3) is 0.154. The van der Waals surface area contributed by atoms with Crippen LogP contribution in [0.25, 0.3) is 16.9 Å². The molecule has 0 aliphatic rings. The Kier molecular flexibility index (Phi) is 4.19. The first-order valence-corrected chi connectivity index (χ1v) is 7.92. The van der Waals surface area contributed by atoms with Gasteiger partial charge in [0, 0.05) is 3.57 Å². The topological polar surface area (TPSA) is 52.8 Å². The summed E-state index contributed by atoms with van der Waals surface area (Å²) in [5.41, 5.74) is 1.95. The highest BCUT2D eigenvalue weighted by atomic mass is 127. The minimum atomic E-state index is 0.224. The Morgan fingerprint density at radius 2 is 2.14 bits per heavy atom. The molecule has 0 atom stereocenters. The monoisotopic (exact) mass is 434 g/mol. The quantitative estimate of drug-likeness (QED) is 0.464. The first-order valence-electron chi connectivity index (χ1n) is 5.93. The average Bonchev–Trinajstić information content (AvgIpc) is 2.85. The molecule has 0 bridgehead atoms. The highest BCUT2D eigenvalue weighted by Gasteiger charge is 2.18. The second kappa shape index (κ2) is 5.94. The van der Waals surface area contributed by atoms with Crippen LogP contribution in [-0.2, 0) is 5.88 Å². The molecule has 108 valence electrons. The smallest absolute Gasteiger partial charge is 0.245 e. The minimum Gasteiger partial charge on any atom is -0.479 e. The van der Waals surface area contributed by atoms with Crippen LogP contribution in [0.2, 0.25) is 5.02 Å². The van der Waals surface area contributed by atoms with Gasteiger partial charge in [0.25, 0.3) is 0 Å². The van der Waals surface area contributed by atoms with E-state index in [0.29, 0.717) is 27.9 Å². The number of methoxy groups -OCH3 is 1. The van der Waals surface area contributed by atoms with Gasteiger partial charge < -0.3 is 4.74 Å². The van der Waals surface area contributed by atoms with Crippen molar-refractivity contribution in [3.05, 3.63) is 38.9 Å².